The summed E-state index contributed by atoms with van der Waals surface area (Å²) in [4.78, 5) is 16.7. The maximum atomic E-state index is 12.4. The first kappa shape index (κ1) is 14.0. The predicted octanol–water partition coefficient (Wildman–Crippen LogP) is 1.38. The van der Waals surface area contributed by atoms with Crippen LogP contribution in [0, 0.1) is 13.8 Å². The zero-order valence-electron chi connectivity index (χ0n) is 12.3. The van der Waals surface area contributed by atoms with Crippen LogP contribution in [-0.4, -0.2) is 37.8 Å². The van der Waals surface area contributed by atoms with Gasteiger partial charge in [0.15, 0.2) is 5.65 Å². The van der Waals surface area contributed by atoms with Gasteiger partial charge in [0.2, 0.25) is 0 Å². The average Bonchev–Trinajstić information content (AvgIpc) is 2.83. The lowest BCUT2D eigenvalue weighted by Gasteiger charge is -2.26. The van der Waals surface area contributed by atoms with E-state index in [1.165, 1.54) is 0 Å². The summed E-state index contributed by atoms with van der Waals surface area (Å²) in [7, 11) is 0. The van der Waals surface area contributed by atoms with Crippen molar-refractivity contribution in [3.05, 3.63) is 29.2 Å². The van der Waals surface area contributed by atoms with Gasteiger partial charge in [-0.15, -0.1) is 0 Å². The van der Waals surface area contributed by atoms with Gasteiger partial charge < -0.3 is 10.4 Å². The zero-order valence-corrected chi connectivity index (χ0v) is 12.3. The Bertz CT molecular complexity index is 672. The lowest BCUT2D eigenvalue weighted by atomic mass is 9.93. The zero-order chi connectivity index (χ0) is 15.0. The Balaban J connectivity index is 1.79. The molecule has 0 spiro atoms. The largest absolute Gasteiger partial charge is 0.393 e. The van der Waals surface area contributed by atoms with Crippen LogP contribution >= 0.6 is 0 Å². The van der Waals surface area contributed by atoms with Crippen molar-refractivity contribution < 1.29 is 9.90 Å². The molecule has 6 heteroatoms. The second kappa shape index (κ2) is 5.44. The number of aromatic nitrogens is 3. The first-order valence-corrected chi connectivity index (χ1v) is 7.35. The number of nitrogens with one attached hydrogen (secondary N) is 1. The molecule has 0 aliphatic heterocycles. The van der Waals surface area contributed by atoms with Crippen molar-refractivity contribution in [3.63, 3.8) is 0 Å². The smallest absolute Gasteiger partial charge is 0.254 e. The summed E-state index contributed by atoms with van der Waals surface area (Å²) in [6, 6.07) is 2.02. The van der Waals surface area contributed by atoms with E-state index in [0.29, 0.717) is 5.56 Å². The lowest BCUT2D eigenvalue weighted by molar-refractivity contribution is 0.0866. The van der Waals surface area contributed by atoms with E-state index < -0.39 is 0 Å². The maximum Gasteiger partial charge on any atom is 0.254 e. The molecule has 2 aromatic heterocycles. The van der Waals surface area contributed by atoms with E-state index in [1.807, 2.05) is 19.9 Å². The molecule has 1 amide bonds. The van der Waals surface area contributed by atoms with E-state index in [4.69, 9.17) is 0 Å². The lowest BCUT2D eigenvalue weighted by Crippen LogP contribution is -2.39. The van der Waals surface area contributed by atoms with Crippen molar-refractivity contribution >= 4 is 11.6 Å². The minimum Gasteiger partial charge on any atom is -0.393 e. The van der Waals surface area contributed by atoms with Crippen molar-refractivity contribution in [2.75, 3.05) is 0 Å². The van der Waals surface area contributed by atoms with E-state index in [9.17, 15) is 9.90 Å². The molecule has 0 aromatic carbocycles. The molecule has 2 heterocycles. The van der Waals surface area contributed by atoms with Crippen LogP contribution < -0.4 is 5.32 Å². The van der Waals surface area contributed by atoms with Crippen LogP contribution in [0.15, 0.2) is 12.3 Å². The number of carbonyl (C=O) groups excluding carboxylic acids is 1. The normalized spacial score (nSPS) is 22.4. The Kier molecular flexibility index (Phi) is 3.63. The van der Waals surface area contributed by atoms with Crippen molar-refractivity contribution in [2.24, 2.45) is 0 Å². The van der Waals surface area contributed by atoms with Gasteiger partial charge in [-0.1, -0.05) is 0 Å². The van der Waals surface area contributed by atoms with Crippen molar-refractivity contribution in [1.82, 2.24) is 19.9 Å². The second-order valence-corrected chi connectivity index (χ2v) is 5.79. The molecule has 1 aliphatic carbocycles. The van der Waals surface area contributed by atoms with Crippen LogP contribution in [0.4, 0.5) is 0 Å². The topological polar surface area (TPSA) is 79.5 Å². The summed E-state index contributed by atoms with van der Waals surface area (Å²) in [5.74, 6) is -0.114. The Morgan fingerprint density at radius 2 is 2.05 bits per heavy atom. The fraction of sp³-hybridized carbons (Fsp3) is 0.533. The number of aliphatic hydroxyl groups is 1. The monoisotopic (exact) mass is 288 g/mol. The number of nitrogens with zero attached hydrogens (tertiary/aromatic N) is 3. The van der Waals surface area contributed by atoms with Crippen molar-refractivity contribution in [1.29, 1.82) is 0 Å². The van der Waals surface area contributed by atoms with Gasteiger partial charge in [0.05, 0.1) is 23.1 Å². The van der Waals surface area contributed by atoms with Gasteiger partial charge in [0.1, 0.15) is 0 Å². The molecule has 1 fully saturated rings. The predicted molar refractivity (Wildman–Crippen MR) is 78.2 cm³/mol. The Morgan fingerprint density at radius 1 is 1.33 bits per heavy atom. The number of hydrogen-bond acceptors (Lipinski definition) is 4. The molecule has 2 aromatic rings. The summed E-state index contributed by atoms with van der Waals surface area (Å²) in [5, 5.41) is 16.9. The van der Waals surface area contributed by atoms with Gasteiger partial charge in [-0.25, -0.2) is 9.50 Å². The van der Waals surface area contributed by atoms with Crippen LogP contribution in [0.3, 0.4) is 0 Å². The number of aryl methyl sites for hydroxylation is 2. The summed E-state index contributed by atoms with van der Waals surface area (Å²) in [6.45, 7) is 3.78. The maximum absolute atomic E-state index is 12.4. The molecule has 21 heavy (non-hydrogen) atoms. The van der Waals surface area contributed by atoms with Crippen LogP contribution in [0.1, 0.15) is 47.4 Å². The molecule has 0 unspecified atom stereocenters. The van der Waals surface area contributed by atoms with Gasteiger partial charge in [0.25, 0.3) is 5.91 Å². The van der Waals surface area contributed by atoms with Gasteiger partial charge in [-0.05, 0) is 39.5 Å². The van der Waals surface area contributed by atoms with Gasteiger partial charge >= 0.3 is 0 Å². The van der Waals surface area contributed by atoms with E-state index in [2.05, 4.69) is 15.4 Å². The number of fused-ring (bicyclic) bond motifs is 1. The third-order valence-electron chi connectivity index (χ3n) is 4.12. The van der Waals surface area contributed by atoms with Gasteiger partial charge in [-0.2, -0.15) is 5.10 Å². The minimum absolute atomic E-state index is 0.114. The number of amides is 1. The quantitative estimate of drug-likeness (QED) is 0.875. The van der Waals surface area contributed by atoms with Crippen molar-refractivity contribution in [2.45, 2.75) is 51.7 Å². The number of aliphatic hydroxyl groups excluding tert-OH is 1. The van der Waals surface area contributed by atoms with E-state index in [-0.39, 0.29) is 18.1 Å². The number of rotatable bonds is 2. The van der Waals surface area contributed by atoms with Crippen LogP contribution in [0.2, 0.25) is 0 Å². The summed E-state index contributed by atoms with van der Waals surface area (Å²) in [6.07, 6.45) is 4.54. The highest BCUT2D eigenvalue weighted by Gasteiger charge is 2.22. The molecule has 2 N–H and O–H groups in total. The van der Waals surface area contributed by atoms with Gasteiger partial charge in [-0.3, -0.25) is 4.79 Å². The first-order chi connectivity index (χ1) is 10.0. The fourth-order valence-corrected chi connectivity index (χ4v) is 2.87. The third-order valence-corrected chi connectivity index (χ3v) is 4.12. The van der Waals surface area contributed by atoms with Crippen LogP contribution in [0.25, 0.3) is 5.65 Å². The SMILES string of the molecule is Cc1cc2ncc(C(=O)NC3CCC(O)CC3)c(C)n2n1. The van der Waals surface area contributed by atoms with E-state index >= 15 is 0 Å². The molecule has 112 valence electrons. The molecule has 0 saturated heterocycles. The molecule has 1 aliphatic rings. The Morgan fingerprint density at radius 3 is 2.76 bits per heavy atom. The molecule has 0 atom stereocenters. The summed E-state index contributed by atoms with van der Waals surface area (Å²) in [5.41, 5.74) is 2.98. The Hall–Kier alpha value is -1.95. The molecule has 0 bridgehead atoms. The van der Waals surface area contributed by atoms with Crippen molar-refractivity contribution in [3.8, 4) is 0 Å². The molecular weight excluding hydrogens is 268 g/mol. The van der Waals surface area contributed by atoms with E-state index in [1.54, 1.807) is 10.7 Å². The van der Waals surface area contributed by atoms with Crippen LogP contribution in [-0.2, 0) is 0 Å². The molecule has 1 saturated carbocycles. The standard InChI is InChI=1S/C15H20N4O2/c1-9-7-14-16-8-13(10(2)19(14)18-9)15(21)17-11-3-5-12(20)6-4-11/h7-8,11-12,20H,3-6H2,1-2H3,(H,17,21). The summed E-state index contributed by atoms with van der Waals surface area (Å²) >= 11 is 0. The average molecular weight is 288 g/mol. The molecule has 0 radical (unpaired) electrons. The first-order valence-electron chi connectivity index (χ1n) is 7.35. The molecule has 3 rings (SSSR count). The minimum atomic E-state index is -0.218. The third kappa shape index (κ3) is 2.76. The van der Waals surface area contributed by atoms with Crippen LogP contribution in [0.5, 0.6) is 0 Å². The number of hydrogen-bond donors (Lipinski definition) is 2. The fourth-order valence-electron chi connectivity index (χ4n) is 2.87. The molecular formula is C15H20N4O2. The Labute approximate surface area is 123 Å². The number of carbonyl (C=O) groups is 1. The van der Waals surface area contributed by atoms with Gasteiger partial charge in [0, 0.05) is 18.3 Å². The molecule has 6 nitrogen and oxygen atoms in total. The highest BCUT2D eigenvalue weighted by Crippen LogP contribution is 2.19. The summed E-state index contributed by atoms with van der Waals surface area (Å²) < 4.78 is 1.70. The highest BCUT2D eigenvalue weighted by molar-refractivity contribution is 5.95. The highest BCUT2D eigenvalue weighted by atomic mass is 16.3. The van der Waals surface area contributed by atoms with E-state index in [0.717, 1.165) is 42.7 Å². The second-order valence-electron chi connectivity index (χ2n) is 5.79.